The zero-order chi connectivity index (χ0) is 25.7. The molecule has 0 fully saturated rings. The van der Waals surface area contributed by atoms with Crippen molar-refractivity contribution in [1.29, 1.82) is 0 Å². The van der Waals surface area contributed by atoms with Gasteiger partial charge in [0.05, 0.1) is 22.6 Å². The summed E-state index contributed by atoms with van der Waals surface area (Å²) >= 11 is 0.914. The number of furan rings is 1. The monoisotopic (exact) mass is 514 g/mol. The highest BCUT2D eigenvalue weighted by molar-refractivity contribution is 8.14. The van der Waals surface area contributed by atoms with Gasteiger partial charge in [-0.25, -0.2) is 4.99 Å². The van der Waals surface area contributed by atoms with Crippen molar-refractivity contribution >= 4 is 51.9 Å². The van der Waals surface area contributed by atoms with Gasteiger partial charge in [-0.2, -0.15) is 8.78 Å². The van der Waals surface area contributed by atoms with Crippen LogP contribution in [0, 0.1) is 10.1 Å². The maximum absolute atomic E-state index is 13.1. The minimum Gasteiger partial charge on any atom is -0.465 e. The third-order valence-corrected chi connectivity index (χ3v) is 5.62. The molecule has 2 amide bonds. The van der Waals surface area contributed by atoms with E-state index in [-0.39, 0.29) is 33.7 Å². The summed E-state index contributed by atoms with van der Waals surface area (Å²) in [6.45, 7) is -3.00. The van der Waals surface area contributed by atoms with E-state index in [1.807, 2.05) is 0 Å². The predicted molar refractivity (Wildman–Crippen MR) is 129 cm³/mol. The van der Waals surface area contributed by atoms with E-state index in [9.17, 15) is 28.5 Å². The summed E-state index contributed by atoms with van der Waals surface area (Å²) in [5, 5.41) is 13.8. The minimum absolute atomic E-state index is 0.0273. The van der Waals surface area contributed by atoms with Crippen molar-refractivity contribution in [3.05, 3.63) is 88.5 Å². The van der Waals surface area contributed by atoms with Crippen LogP contribution in [0.3, 0.4) is 0 Å². The second-order valence-corrected chi connectivity index (χ2v) is 8.01. The lowest BCUT2D eigenvalue weighted by Gasteiger charge is -2.18. The lowest BCUT2D eigenvalue weighted by Crippen LogP contribution is -2.31. The molecule has 0 saturated carbocycles. The average Bonchev–Trinajstić information content (AvgIpc) is 3.46. The molecule has 2 aromatic carbocycles. The molecular weight excluding hydrogens is 498 g/mol. The Bertz CT molecular complexity index is 1340. The zero-order valence-corrected chi connectivity index (χ0v) is 19.0. The molecule has 2 heterocycles. The van der Waals surface area contributed by atoms with Gasteiger partial charge in [-0.1, -0.05) is 23.9 Å². The van der Waals surface area contributed by atoms with Gasteiger partial charge >= 0.3 is 6.61 Å². The van der Waals surface area contributed by atoms with Crippen molar-refractivity contribution in [2.45, 2.75) is 6.61 Å². The van der Waals surface area contributed by atoms with Crippen molar-refractivity contribution < 1.29 is 32.4 Å². The summed E-state index contributed by atoms with van der Waals surface area (Å²) in [7, 11) is 0. The molecule has 1 aromatic heterocycles. The van der Waals surface area contributed by atoms with Crippen LogP contribution >= 0.6 is 11.8 Å². The van der Waals surface area contributed by atoms with Crippen molar-refractivity contribution in [2.75, 3.05) is 16.0 Å². The molecule has 1 N–H and O–H groups in total. The Morgan fingerprint density at radius 3 is 2.61 bits per heavy atom. The maximum Gasteiger partial charge on any atom is 0.387 e. The number of nitro groups is 1. The molecule has 0 radical (unpaired) electrons. The number of alkyl halides is 2. The summed E-state index contributed by atoms with van der Waals surface area (Å²) in [4.78, 5) is 41.7. The minimum atomic E-state index is -3.00. The summed E-state index contributed by atoms with van der Waals surface area (Å²) in [5.74, 6) is -1.04. The van der Waals surface area contributed by atoms with Crippen LogP contribution in [0.4, 0.5) is 25.8 Å². The van der Waals surface area contributed by atoms with Crippen molar-refractivity contribution in [1.82, 2.24) is 0 Å². The molecule has 1 aliphatic heterocycles. The number of carbonyl (C=O) groups is 2. The normalized spacial score (nSPS) is 14.3. The number of halogens is 2. The standard InChI is InChI=1S/C23H16F2N4O6S/c24-22(25)35-15-9-7-14(8-10-15)28-21(31)18(12-16-4-3-11-34-16)27-23(28)36-13-20(30)26-17-5-1-2-6-19(17)29(32)33/h1-12,22H,13H2,(H,26,30)/b18-12+. The summed E-state index contributed by atoms with van der Waals surface area (Å²) < 4.78 is 34.5. The molecule has 10 nitrogen and oxygen atoms in total. The summed E-state index contributed by atoms with van der Waals surface area (Å²) in [6, 6.07) is 14.3. The molecule has 184 valence electrons. The molecular formula is C23H16F2N4O6S. The summed E-state index contributed by atoms with van der Waals surface area (Å²) in [6.07, 6.45) is 2.85. The number of amides is 2. The fourth-order valence-electron chi connectivity index (χ4n) is 3.16. The largest absolute Gasteiger partial charge is 0.465 e. The maximum atomic E-state index is 13.1. The number of carbonyl (C=O) groups excluding carboxylic acids is 2. The van der Waals surface area contributed by atoms with Crippen molar-refractivity contribution in [3.8, 4) is 5.75 Å². The lowest BCUT2D eigenvalue weighted by molar-refractivity contribution is -0.383. The van der Waals surface area contributed by atoms with Crippen LogP contribution in [0.25, 0.3) is 6.08 Å². The van der Waals surface area contributed by atoms with Gasteiger partial charge in [0.2, 0.25) is 5.91 Å². The number of anilines is 2. The third-order valence-electron chi connectivity index (χ3n) is 4.68. The first-order valence-corrected chi connectivity index (χ1v) is 11.2. The van der Waals surface area contributed by atoms with E-state index < -0.39 is 23.3 Å². The van der Waals surface area contributed by atoms with Crippen molar-refractivity contribution in [2.24, 2.45) is 4.99 Å². The molecule has 0 aliphatic carbocycles. The fourth-order valence-corrected chi connectivity index (χ4v) is 3.97. The van der Waals surface area contributed by atoms with E-state index in [0.717, 1.165) is 11.8 Å². The Morgan fingerprint density at radius 2 is 1.94 bits per heavy atom. The number of nitrogens with one attached hydrogen (secondary N) is 1. The average molecular weight is 514 g/mol. The van der Waals surface area contributed by atoms with Crippen LogP contribution in [0.5, 0.6) is 5.75 Å². The first-order chi connectivity index (χ1) is 17.3. The molecule has 0 atom stereocenters. The van der Waals surface area contributed by atoms with Crippen molar-refractivity contribution in [3.63, 3.8) is 0 Å². The smallest absolute Gasteiger partial charge is 0.387 e. The van der Waals surface area contributed by atoms with Gasteiger partial charge in [-0.05, 0) is 42.5 Å². The number of aliphatic imine (C=N–C) groups is 1. The number of hydrogen-bond donors (Lipinski definition) is 1. The highest BCUT2D eigenvalue weighted by Crippen LogP contribution is 2.31. The van der Waals surface area contributed by atoms with Gasteiger partial charge in [-0.15, -0.1) is 0 Å². The van der Waals surface area contributed by atoms with E-state index in [0.29, 0.717) is 11.4 Å². The molecule has 0 unspecified atom stereocenters. The van der Waals surface area contributed by atoms with Crippen LogP contribution < -0.4 is 15.0 Å². The number of para-hydroxylation sites is 2. The number of benzene rings is 2. The van der Waals surface area contributed by atoms with Crippen LogP contribution in [0.15, 0.2) is 82.0 Å². The third kappa shape index (κ3) is 5.75. The highest BCUT2D eigenvalue weighted by atomic mass is 32.2. The van der Waals surface area contributed by atoms with E-state index in [4.69, 9.17) is 4.42 Å². The van der Waals surface area contributed by atoms with Gasteiger partial charge in [0, 0.05) is 12.1 Å². The Hall–Kier alpha value is -4.52. The lowest BCUT2D eigenvalue weighted by atomic mass is 10.2. The number of thioether (sulfide) groups is 1. The zero-order valence-electron chi connectivity index (χ0n) is 18.2. The molecule has 0 bridgehead atoms. The number of amidine groups is 1. The quantitative estimate of drug-likeness (QED) is 0.257. The van der Waals surface area contributed by atoms with Gasteiger partial charge in [0.15, 0.2) is 5.17 Å². The second-order valence-electron chi connectivity index (χ2n) is 7.06. The Morgan fingerprint density at radius 1 is 1.19 bits per heavy atom. The van der Waals surface area contributed by atoms with Crippen LogP contribution in [0.2, 0.25) is 0 Å². The summed E-state index contributed by atoms with van der Waals surface area (Å²) in [5.41, 5.74) is 0.0948. The first-order valence-electron chi connectivity index (χ1n) is 10.2. The Kier molecular flexibility index (Phi) is 7.39. The van der Waals surface area contributed by atoms with E-state index in [2.05, 4.69) is 15.0 Å². The highest BCUT2D eigenvalue weighted by Gasteiger charge is 2.33. The molecule has 36 heavy (non-hydrogen) atoms. The molecule has 4 rings (SSSR count). The Balaban J connectivity index is 1.55. The van der Waals surface area contributed by atoms with E-state index >= 15 is 0 Å². The molecule has 0 spiro atoms. The fraction of sp³-hybridized carbons (Fsp3) is 0.0870. The Labute approximate surface area is 206 Å². The molecule has 13 heteroatoms. The molecule has 1 aliphatic rings. The molecule has 3 aromatic rings. The SMILES string of the molecule is O=C(CSC1=N/C(=C/c2ccco2)C(=O)N1c1ccc(OC(F)F)cc1)Nc1ccccc1[N+](=O)[O-]. The second kappa shape index (κ2) is 10.8. The van der Waals surface area contributed by atoms with Gasteiger partial charge in [0.1, 0.15) is 22.9 Å². The predicted octanol–water partition coefficient (Wildman–Crippen LogP) is 4.90. The first kappa shape index (κ1) is 24.6. The number of hydrogen-bond acceptors (Lipinski definition) is 8. The number of ether oxygens (including phenoxy) is 1. The topological polar surface area (TPSA) is 127 Å². The van der Waals surface area contributed by atoms with E-state index in [1.54, 1.807) is 18.2 Å². The van der Waals surface area contributed by atoms with Crippen LogP contribution in [-0.2, 0) is 9.59 Å². The van der Waals surface area contributed by atoms with E-state index in [1.165, 1.54) is 59.7 Å². The van der Waals surface area contributed by atoms with Gasteiger partial charge in [-0.3, -0.25) is 24.6 Å². The number of rotatable bonds is 8. The van der Waals surface area contributed by atoms with Gasteiger partial charge in [0.25, 0.3) is 11.6 Å². The van der Waals surface area contributed by atoms with Crippen LogP contribution in [-0.4, -0.2) is 34.3 Å². The van der Waals surface area contributed by atoms with Crippen LogP contribution in [0.1, 0.15) is 5.76 Å². The van der Waals surface area contributed by atoms with Gasteiger partial charge < -0.3 is 14.5 Å². The number of nitrogens with zero attached hydrogens (tertiary/aromatic N) is 3. The number of nitro benzene ring substituents is 1. The molecule has 0 saturated heterocycles.